The first-order valence-electron chi connectivity index (χ1n) is 12.8. The lowest BCUT2D eigenvalue weighted by molar-refractivity contribution is 0.0493. The molecule has 0 aromatic heterocycles. The second-order valence-corrected chi connectivity index (χ2v) is 10.6. The number of hydrogen-bond donors (Lipinski definition) is 1. The lowest BCUT2D eigenvalue weighted by atomic mass is 9.80. The van der Waals surface area contributed by atoms with Crippen molar-refractivity contribution in [3.05, 3.63) is 65.2 Å². The van der Waals surface area contributed by atoms with Gasteiger partial charge in [-0.1, -0.05) is 49.2 Å². The summed E-state index contributed by atoms with van der Waals surface area (Å²) in [5, 5.41) is 10.2. The Hall–Kier alpha value is -2.53. The van der Waals surface area contributed by atoms with E-state index in [9.17, 15) is 9.90 Å². The lowest BCUT2D eigenvalue weighted by Gasteiger charge is -2.44. The fourth-order valence-corrected chi connectivity index (χ4v) is 7.23. The van der Waals surface area contributed by atoms with Crippen LogP contribution in [0.15, 0.2) is 48.5 Å². The number of rotatable bonds is 4. The maximum atomic E-state index is 12.4. The highest BCUT2D eigenvalue weighted by Gasteiger charge is 2.53. The molecule has 33 heavy (non-hydrogen) atoms. The lowest BCUT2D eigenvalue weighted by Crippen LogP contribution is -2.52. The number of carboxylic acid groups (broad SMARTS) is 1. The molecule has 1 saturated carbocycles. The molecule has 2 heterocycles. The van der Waals surface area contributed by atoms with Crippen LogP contribution >= 0.6 is 0 Å². The first kappa shape index (κ1) is 21.0. The Morgan fingerprint density at radius 2 is 1.70 bits per heavy atom. The molecular formula is C28H35N3O2. The molecule has 2 aliphatic heterocycles. The summed E-state index contributed by atoms with van der Waals surface area (Å²) < 4.78 is 0. The van der Waals surface area contributed by atoms with Crippen molar-refractivity contribution >= 4 is 11.8 Å². The van der Waals surface area contributed by atoms with Crippen LogP contribution in [0.1, 0.15) is 61.1 Å². The van der Waals surface area contributed by atoms with Gasteiger partial charge in [-0.2, -0.15) is 0 Å². The highest BCUT2D eigenvalue weighted by molar-refractivity contribution is 5.69. The summed E-state index contributed by atoms with van der Waals surface area (Å²) >= 11 is 0. The average molecular weight is 446 g/mol. The summed E-state index contributed by atoms with van der Waals surface area (Å²) in [5.74, 6) is 0.465. The number of fused-ring (bicyclic) bond motifs is 5. The smallest absolute Gasteiger partial charge is 0.408 e. The third kappa shape index (κ3) is 3.61. The molecule has 2 bridgehead atoms. The molecule has 0 spiro atoms. The van der Waals surface area contributed by atoms with E-state index in [1.807, 2.05) is 6.07 Å². The van der Waals surface area contributed by atoms with Gasteiger partial charge in [0.1, 0.15) is 0 Å². The molecule has 0 radical (unpaired) electrons. The van der Waals surface area contributed by atoms with Gasteiger partial charge in [-0.3, -0.25) is 9.80 Å². The number of anilines is 1. The molecular weight excluding hydrogens is 410 g/mol. The minimum atomic E-state index is -0.784. The van der Waals surface area contributed by atoms with Crippen molar-refractivity contribution in [2.45, 2.75) is 62.4 Å². The Labute approximate surface area is 197 Å². The topological polar surface area (TPSA) is 47.0 Å². The van der Waals surface area contributed by atoms with E-state index >= 15 is 0 Å². The Morgan fingerprint density at radius 1 is 0.939 bits per heavy atom. The van der Waals surface area contributed by atoms with E-state index in [1.165, 1.54) is 48.1 Å². The Bertz CT molecular complexity index is 1010. The Kier molecular flexibility index (Phi) is 5.33. The maximum absolute atomic E-state index is 12.4. The van der Waals surface area contributed by atoms with E-state index in [4.69, 9.17) is 0 Å². The van der Waals surface area contributed by atoms with Gasteiger partial charge in [-0.25, -0.2) is 4.79 Å². The van der Waals surface area contributed by atoms with Gasteiger partial charge in [-0.15, -0.1) is 0 Å². The van der Waals surface area contributed by atoms with Crippen LogP contribution in [0.2, 0.25) is 0 Å². The predicted molar refractivity (Wildman–Crippen MR) is 131 cm³/mol. The molecule has 4 aliphatic rings. The van der Waals surface area contributed by atoms with Crippen LogP contribution in [0.4, 0.5) is 10.5 Å². The zero-order chi connectivity index (χ0) is 22.4. The Morgan fingerprint density at radius 3 is 2.42 bits per heavy atom. The average Bonchev–Trinajstić information content (AvgIpc) is 3.46. The summed E-state index contributed by atoms with van der Waals surface area (Å²) in [4.78, 5) is 19.4. The number of benzene rings is 2. The van der Waals surface area contributed by atoms with Crippen LogP contribution < -0.4 is 4.90 Å². The monoisotopic (exact) mass is 445 g/mol. The van der Waals surface area contributed by atoms with Gasteiger partial charge >= 0.3 is 6.09 Å². The van der Waals surface area contributed by atoms with E-state index in [2.05, 4.69) is 52.3 Å². The third-order valence-electron chi connectivity index (χ3n) is 8.87. The van der Waals surface area contributed by atoms with Gasteiger partial charge in [0.25, 0.3) is 0 Å². The van der Waals surface area contributed by atoms with Crippen molar-refractivity contribution in [3.8, 4) is 0 Å². The fourth-order valence-electron chi connectivity index (χ4n) is 7.23. The van der Waals surface area contributed by atoms with E-state index in [0.29, 0.717) is 12.5 Å². The van der Waals surface area contributed by atoms with E-state index in [-0.39, 0.29) is 0 Å². The Balaban J connectivity index is 1.31. The molecule has 6 rings (SSSR count). The molecule has 5 heteroatoms. The van der Waals surface area contributed by atoms with Crippen molar-refractivity contribution in [2.24, 2.45) is 0 Å². The van der Waals surface area contributed by atoms with Crippen LogP contribution in [-0.4, -0.2) is 59.8 Å². The number of piperidine rings is 1. The highest BCUT2D eigenvalue weighted by atomic mass is 16.4. The molecule has 3 fully saturated rings. The second-order valence-electron chi connectivity index (χ2n) is 10.6. The number of carbonyl (C=O) groups is 1. The summed E-state index contributed by atoms with van der Waals surface area (Å²) in [6.07, 6.45) is 7.31. The van der Waals surface area contributed by atoms with Crippen molar-refractivity contribution in [1.82, 2.24) is 9.80 Å². The molecule has 1 amide bonds. The van der Waals surface area contributed by atoms with Crippen molar-refractivity contribution in [1.29, 1.82) is 0 Å². The van der Waals surface area contributed by atoms with E-state index in [0.717, 1.165) is 51.5 Å². The molecule has 2 aromatic rings. The van der Waals surface area contributed by atoms with E-state index < -0.39 is 11.6 Å². The second kappa shape index (κ2) is 8.35. The van der Waals surface area contributed by atoms with Crippen LogP contribution in [0.5, 0.6) is 0 Å². The molecule has 5 nitrogen and oxygen atoms in total. The number of amides is 1. The molecule has 174 valence electrons. The molecule has 2 saturated heterocycles. The van der Waals surface area contributed by atoms with Gasteiger partial charge in [0.05, 0.1) is 5.54 Å². The van der Waals surface area contributed by atoms with Crippen LogP contribution in [0, 0.1) is 0 Å². The standard InChI is InChI=1S/C28H35N3O2/c32-27(33)31-13-12-22-20-28(31,19-21-6-2-1-3-7-21)26-18-24(10-11-25(22)26)30-16-14-29(15-17-30)23-8-4-5-9-23/h1-3,6-7,10-11,18,22-23H,4-5,8-9,12-17,19-20H2,(H,32,33). The van der Waals surface area contributed by atoms with Crippen LogP contribution in [0.3, 0.4) is 0 Å². The zero-order valence-electron chi connectivity index (χ0n) is 19.5. The molecule has 2 aliphatic carbocycles. The summed E-state index contributed by atoms with van der Waals surface area (Å²) in [6, 6.07) is 18.2. The van der Waals surface area contributed by atoms with Crippen LogP contribution in [0.25, 0.3) is 0 Å². The molecule has 1 N–H and O–H groups in total. The van der Waals surface area contributed by atoms with Crippen molar-refractivity contribution in [3.63, 3.8) is 0 Å². The number of nitrogens with zero attached hydrogens (tertiary/aromatic N) is 3. The SMILES string of the molecule is O=C(O)N1CCC2CC1(Cc1ccccc1)c1cc(N3CCN(C4CCCC4)CC3)ccc12. The first-order chi connectivity index (χ1) is 16.1. The van der Waals surface area contributed by atoms with Crippen molar-refractivity contribution in [2.75, 3.05) is 37.6 Å². The van der Waals surface area contributed by atoms with E-state index in [1.54, 1.807) is 4.90 Å². The van der Waals surface area contributed by atoms with Crippen molar-refractivity contribution < 1.29 is 9.90 Å². The number of likely N-dealkylation sites (tertiary alicyclic amines) is 1. The normalized spacial score (nSPS) is 27.7. The van der Waals surface area contributed by atoms with Gasteiger partial charge in [-0.05, 0) is 60.4 Å². The molecule has 2 aromatic carbocycles. The fraction of sp³-hybridized carbons (Fsp3) is 0.536. The minimum absolute atomic E-state index is 0.451. The van der Waals surface area contributed by atoms with Gasteiger partial charge < -0.3 is 10.0 Å². The van der Waals surface area contributed by atoms with Crippen LogP contribution in [-0.2, 0) is 12.0 Å². The largest absolute Gasteiger partial charge is 0.465 e. The minimum Gasteiger partial charge on any atom is -0.465 e. The summed E-state index contributed by atoms with van der Waals surface area (Å²) in [6.45, 7) is 5.03. The third-order valence-corrected chi connectivity index (χ3v) is 8.87. The first-order valence-corrected chi connectivity index (χ1v) is 12.8. The summed E-state index contributed by atoms with van der Waals surface area (Å²) in [5.41, 5.74) is 4.67. The maximum Gasteiger partial charge on any atom is 0.408 e. The molecule has 2 unspecified atom stereocenters. The zero-order valence-corrected chi connectivity index (χ0v) is 19.5. The molecule has 2 atom stereocenters. The van der Waals surface area contributed by atoms with Gasteiger partial charge in [0.15, 0.2) is 0 Å². The van der Waals surface area contributed by atoms with Gasteiger partial charge in [0, 0.05) is 50.9 Å². The van der Waals surface area contributed by atoms with Gasteiger partial charge in [0.2, 0.25) is 0 Å². The number of hydrogen-bond acceptors (Lipinski definition) is 3. The number of piperazine rings is 1. The predicted octanol–water partition coefficient (Wildman–Crippen LogP) is 5.06. The summed E-state index contributed by atoms with van der Waals surface area (Å²) in [7, 11) is 0. The quantitative estimate of drug-likeness (QED) is 0.715. The highest BCUT2D eigenvalue weighted by Crippen LogP contribution is 2.55.